The molecule has 1 unspecified atom stereocenters. The third-order valence-electron chi connectivity index (χ3n) is 12.8. The number of hydrogen-bond donors (Lipinski definition) is 0. The van der Waals surface area contributed by atoms with Gasteiger partial charge >= 0.3 is 17.9 Å². The number of carbonyl (C=O) groups excluding carboxylic acids is 3. The molecular formula is C67H112O6. The van der Waals surface area contributed by atoms with Crippen LogP contribution in [0.3, 0.4) is 0 Å². The molecule has 0 aliphatic rings. The Morgan fingerprint density at radius 3 is 0.849 bits per heavy atom. The summed E-state index contributed by atoms with van der Waals surface area (Å²) in [5.41, 5.74) is 0. The van der Waals surface area contributed by atoms with Crippen LogP contribution in [0.15, 0.2) is 109 Å². The Bertz CT molecular complexity index is 1490. The fraction of sp³-hybridized carbons (Fsp3) is 0.687. The fourth-order valence-electron chi connectivity index (χ4n) is 8.28. The van der Waals surface area contributed by atoms with Gasteiger partial charge < -0.3 is 14.2 Å². The molecule has 0 N–H and O–H groups in total. The van der Waals surface area contributed by atoms with Gasteiger partial charge in [0.15, 0.2) is 6.10 Å². The van der Waals surface area contributed by atoms with E-state index < -0.39 is 6.10 Å². The highest BCUT2D eigenvalue weighted by Crippen LogP contribution is 2.16. The summed E-state index contributed by atoms with van der Waals surface area (Å²) >= 11 is 0. The molecule has 0 aromatic carbocycles. The topological polar surface area (TPSA) is 78.9 Å². The lowest BCUT2D eigenvalue weighted by atomic mass is 10.0. The first-order valence-corrected chi connectivity index (χ1v) is 30.4. The normalized spacial score (nSPS) is 12.9. The average molecular weight is 1010 g/mol. The molecule has 0 rings (SSSR count). The lowest BCUT2D eigenvalue weighted by Crippen LogP contribution is -2.30. The van der Waals surface area contributed by atoms with Gasteiger partial charge in [0.25, 0.3) is 0 Å². The summed E-state index contributed by atoms with van der Waals surface area (Å²) in [4.78, 5) is 38.2. The maximum absolute atomic E-state index is 12.9. The summed E-state index contributed by atoms with van der Waals surface area (Å²) in [5, 5.41) is 0. The highest BCUT2D eigenvalue weighted by Gasteiger charge is 2.19. The van der Waals surface area contributed by atoms with Gasteiger partial charge in [-0.2, -0.15) is 0 Å². The van der Waals surface area contributed by atoms with E-state index >= 15 is 0 Å². The third-order valence-corrected chi connectivity index (χ3v) is 12.8. The zero-order valence-electron chi connectivity index (χ0n) is 47.6. The minimum atomic E-state index is -0.796. The monoisotopic (exact) mass is 1010 g/mol. The standard InChI is InChI=1S/C67H112O6/c1-4-7-10-13-16-19-22-24-26-28-30-31-32-33-34-35-37-38-40-42-45-48-51-54-57-60-66(69)72-63-64(62-71-65(68)59-56-53-50-47-44-21-18-15-12-9-6-3)73-67(70)61-58-55-52-49-46-43-41-39-36-29-27-25-23-20-17-14-11-8-5-2/h7-8,10-11,16-17,19-20,24-27,30-31,36,39,43,46,64H,4-6,9,12-15,18,21-23,28-29,32-35,37-38,40-42,44-45,47-63H2,1-3H3/b10-7-,11-8-,19-16-,20-17-,26-24-,27-25-,31-30-,39-36-,46-43-. The van der Waals surface area contributed by atoms with Crippen LogP contribution < -0.4 is 0 Å². The molecule has 0 saturated carbocycles. The molecule has 0 spiro atoms. The minimum absolute atomic E-state index is 0.0906. The summed E-state index contributed by atoms with van der Waals surface area (Å²) in [5.74, 6) is -0.921. The number of unbranched alkanes of at least 4 members (excludes halogenated alkanes) is 25. The molecule has 0 saturated heterocycles. The van der Waals surface area contributed by atoms with E-state index in [0.29, 0.717) is 12.8 Å². The van der Waals surface area contributed by atoms with E-state index in [4.69, 9.17) is 14.2 Å². The SMILES string of the molecule is CC/C=C\C/C=C\C/C=C\C/C=C\C/C=C\CCCCCC(=O)OC(COC(=O)CCCCCCCCCCCCC)COC(=O)CCCCCCCCCCCCCC/C=C\C/C=C\C/C=C\C/C=C\CC. The molecule has 6 nitrogen and oxygen atoms in total. The maximum atomic E-state index is 12.9. The van der Waals surface area contributed by atoms with Crippen LogP contribution in [-0.2, 0) is 28.6 Å². The molecule has 0 heterocycles. The van der Waals surface area contributed by atoms with Gasteiger partial charge in [-0.25, -0.2) is 0 Å². The Kier molecular flexibility index (Phi) is 57.4. The quantitative estimate of drug-likeness (QED) is 0.0261. The van der Waals surface area contributed by atoms with E-state index in [9.17, 15) is 14.4 Å². The molecule has 0 radical (unpaired) electrons. The number of ether oxygens (including phenoxy) is 3. The second kappa shape index (κ2) is 60.6. The fourth-order valence-corrected chi connectivity index (χ4v) is 8.28. The van der Waals surface area contributed by atoms with E-state index in [1.165, 1.54) is 116 Å². The van der Waals surface area contributed by atoms with Crippen molar-refractivity contribution in [1.82, 2.24) is 0 Å². The van der Waals surface area contributed by atoms with Gasteiger partial charge in [-0.3, -0.25) is 14.4 Å². The van der Waals surface area contributed by atoms with Crippen molar-refractivity contribution >= 4 is 17.9 Å². The molecule has 0 aliphatic heterocycles. The summed E-state index contributed by atoms with van der Waals surface area (Å²) in [6.07, 6.45) is 82.3. The summed E-state index contributed by atoms with van der Waals surface area (Å²) in [6, 6.07) is 0. The third kappa shape index (κ3) is 58.8. The van der Waals surface area contributed by atoms with Crippen molar-refractivity contribution in [2.75, 3.05) is 13.2 Å². The predicted molar refractivity (Wildman–Crippen MR) is 316 cm³/mol. The smallest absolute Gasteiger partial charge is 0.306 e. The maximum Gasteiger partial charge on any atom is 0.306 e. The van der Waals surface area contributed by atoms with E-state index in [1.807, 2.05) is 0 Å². The highest BCUT2D eigenvalue weighted by atomic mass is 16.6. The van der Waals surface area contributed by atoms with Crippen LogP contribution in [-0.4, -0.2) is 37.2 Å². The summed E-state index contributed by atoms with van der Waals surface area (Å²) < 4.78 is 16.9. The van der Waals surface area contributed by atoms with Gasteiger partial charge in [-0.05, 0) is 103 Å². The molecule has 1 atom stereocenters. The molecule has 0 fully saturated rings. The second-order valence-corrected chi connectivity index (χ2v) is 19.9. The molecule has 0 aromatic heterocycles. The largest absolute Gasteiger partial charge is 0.462 e. The molecule has 416 valence electrons. The number of rotatable bonds is 54. The van der Waals surface area contributed by atoms with Gasteiger partial charge in [0.05, 0.1) is 0 Å². The van der Waals surface area contributed by atoms with Crippen molar-refractivity contribution < 1.29 is 28.6 Å². The Balaban J connectivity index is 4.34. The molecular weight excluding hydrogens is 901 g/mol. The first-order chi connectivity index (χ1) is 36.0. The Hall–Kier alpha value is -3.93. The summed E-state index contributed by atoms with van der Waals surface area (Å²) in [6.45, 7) is 6.39. The number of carbonyl (C=O) groups is 3. The van der Waals surface area contributed by atoms with Gasteiger partial charge in [0.1, 0.15) is 13.2 Å². The van der Waals surface area contributed by atoms with E-state index in [2.05, 4.69) is 130 Å². The van der Waals surface area contributed by atoms with Crippen molar-refractivity contribution in [2.24, 2.45) is 0 Å². The molecule has 6 heteroatoms. The molecule has 0 aliphatic carbocycles. The molecule has 0 amide bonds. The average Bonchev–Trinajstić information content (AvgIpc) is 3.39. The predicted octanol–water partition coefficient (Wildman–Crippen LogP) is 20.7. The zero-order chi connectivity index (χ0) is 52.9. The number of esters is 3. The van der Waals surface area contributed by atoms with Gasteiger partial charge in [-0.1, -0.05) is 265 Å². The van der Waals surface area contributed by atoms with Crippen molar-refractivity contribution in [1.29, 1.82) is 0 Å². The van der Waals surface area contributed by atoms with Crippen LogP contribution in [0.5, 0.6) is 0 Å². The molecule has 0 aromatic rings. The summed E-state index contributed by atoms with van der Waals surface area (Å²) in [7, 11) is 0. The van der Waals surface area contributed by atoms with Crippen LogP contribution in [0.2, 0.25) is 0 Å². The van der Waals surface area contributed by atoms with Crippen LogP contribution in [0.4, 0.5) is 0 Å². The first-order valence-electron chi connectivity index (χ1n) is 30.4. The lowest BCUT2D eigenvalue weighted by molar-refractivity contribution is -0.167. The van der Waals surface area contributed by atoms with Crippen LogP contribution in [0.1, 0.15) is 278 Å². The first kappa shape index (κ1) is 69.1. The van der Waals surface area contributed by atoms with E-state index in [-0.39, 0.29) is 37.5 Å². The number of hydrogen-bond acceptors (Lipinski definition) is 6. The van der Waals surface area contributed by atoms with Crippen molar-refractivity contribution in [2.45, 2.75) is 284 Å². The molecule has 73 heavy (non-hydrogen) atoms. The minimum Gasteiger partial charge on any atom is -0.462 e. The van der Waals surface area contributed by atoms with Gasteiger partial charge in [-0.15, -0.1) is 0 Å². The Morgan fingerprint density at radius 2 is 0.534 bits per heavy atom. The lowest BCUT2D eigenvalue weighted by Gasteiger charge is -2.18. The Morgan fingerprint density at radius 1 is 0.288 bits per heavy atom. The molecule has 0 bridgehead atoms. The van der Waals surface area contributed by atoms with E-state index in [1.54, 1.807) is 0 Å². The van der Waals surface area contributed by atoms with Crippen molar-refractivity contribution in [3.8, 4) is 0 Å². The van der Waals surface area contributed by atoms with Crippen LogP contribution in [0.25, 0.3) is 0 Å². The van der Waals surface area contributed by atoms with Crippen LogP contribution >= 0.6 is 0 Å². The number of allylic oxidation sites excluding steroid dienone is 18. The van der Waals surface area contributed by atoms with E-state index in [0.717, 1.165) is 122 Å². The van der Waals surface area contributed by atoms with Crippen LogP contribution in [0, 0.1) is 0 Å². The highest BCUT2D eigenvalue weighted by molar-refractivity contribution is 5.71. The van der Waals surface area contributed by atoms with Gasteiger partial charge in [0.2, 0.25) is 0 Å². The van der Waals surface area contributed by atoms with Crippen molar-refractivity contribution in [3.63, 3.8) is 0 Å². The van der Waals surface area contributed by atoms with Crippen molar-refractivity contribution in [3.05, 3.63) is 109 Å². The van der Waals surface area contributed by atoms with Gasteiger partial charge in [0, 0.05) is 19.3 Å². The zero-order valence-corrected chi connectivity index (χ0v) is 47.6. The second-order valence-electron chi connectivity index (χ2n) is 19.9. The Labute approximate surface area is 450 Å².